The average Bonchev–Trinajstić information content (AvgIpc) is 2.67. The molecule has 0 amide bonds. The summed E-state index contributed by atoms with van der Waals surface area (Å²) in [6.45, 7) is 0. The maximum Gasteiger partial charge on any atom is 0.0922 e. The molecule has 0 fully saturated rings. The first-order chi connectivity index (χ1) is 9.16. The van der Waals surface area contributed by atoms with E-state index in [9.17, 15) is 9.90 Å². The van der Waals surface area contributed by atoms with E-state index in [4.69, 9.17) is 0 Å². The van der Waals surface area contributed by atoms with Crippen LogP contribution in [0.1, 0.15) is 15.9 Å². The number of carbonyl (C=O) groups is 1. The minimum Gasteiger partial charge on any atom is -0.545 e. The van der Waals surface area contributed by atoms with Crippen LogP contribution < -0.4 is 10.4 Å². The summed E-state index contributed by atoms with van der Waals surface area (Å²) in [5.74, 6) is -1.19. The van der Waals surface area contributed by atoms with Crippen LogP contribution in [0.4, 0.5) is 0 Å². The van der Waals surface area contributed by atoms with E-state index in [-0.39, 0.29) is 5.56 Å². The Morgan fingerprint density at radius 1 is 1.37 bits per heavy atom. The van der Waals surface area contributed by atoms with E-state index < -0.39 is 5.97 Å². The lowest BCUT2D eigenvalue weighted by Gasteiger charge is -2.06. The maximum atomic E-state index is 10.8. The molecule has 2 rings (SSSR count). The molecule has 0 saturated heterocycles. The van der Waals surface area contributed by atoms with Crippen molar-refractivity contribution in [3.63, 3.8) is 0 Å². The Morgan fingerprint density at radius 3 is 2.95 bits per heavy atom. The summed E-state index contributed by atoms with van der Waals surface area (Å²) in [7, 11) is 0. The second kappa shape index (κ2) is 6.15. The number of allylic oxidation sites excluding steroid dienone is 3. The highest BCUT2D eigenvalue weighted by molar-refractivity contribution is 9.15. The van der Waals surface area contributed by atoms with Gasteiger partial charge in [0.25, 0.3) is 0 Å². The zero-order valence-electron chi connectivity index (χ0n) is 9.84. The summed E-state index contributed by atoms with van der Waals surface area (Å²) in [5, 5.41) is 13.8. The van der Waals surface area contributed by atoms with Crippen molar-refractivity contribution >= 4 is 32.7 Å². The largest absolute Gasteiger partial charge is 0.545 e. The molecule has 5 heteroatoms. The Kier molecular flexibility index (Phi) is 4.30. The van der Waals surface area contributed by atoms with Crippen LogP contribution in [-0.2, 0) is 0 Å². The van der Waals surface area contributed by atoms with Crippen LogP contribution in [0.5, 0.6) is 0 Å². The van der Waals surface area contributed by atoms with E-state index in [1.54, 1.807) is 30.7 Å². The van der Waals surface area contributed by atoms with Gasteiger partial charge in [0.1, 0.15) is 0 Å². The maximum absolute atomic E-state index is 10.8. The zero-order valence-corrected chi connectivity index (χ0v) is 11.4. The highest BCUT2D eigenvalue weighted by Crippen LogP contribution is 2.23. The molecule has 1 aliphatic heterocycles. The standard InChI is InChI=1S/C14H11BrN2O2/c15-13(8-12-5-2-6-16-9-17-12)10-3-1-4-11(7-10)14(18)19/h1-9H,(H,16,17)(H,18,19)/p-1/b13-8-. The monoisotopic (exact) mass is 317 g/mol. The average molecular weight is 318 g/mol. The second-order valence-corrected chi connectivity index (χ2v) is 4.60. The van der Waals surface area contributed by atoms with Crippen molar-refractivity contribution in [1.82, 2.24) is 5.32 Å². The number of aromatic carboxylic acids is 1. The normalized spacial score (nSPS) is 14.6. The van der Waals surface area contributed by atoms with E-state index >= 15 is 0 Å². The van der Waals surface area contributed by atoms with Crippen molar-refractivity contribution in [1.29, 1.82) is 0 Å². The van der Waals surface area contributed by atoms with Gasteiger partial charge in [-0.3, -0.25) is 0 Å². The van der Waals surface area contributed by atoms with Gasteiger partial charge in [-0.05, 0) is 35.4 Å². The number of rotatable bonds is 3. The van der Waals surface area contributed by atoms with Gasteiger partial charge in [-0.15, -0.1) is 0 Å². The molecule has 0 aromatic heterocycles. The van der Waals surface area contributed by atoms with Gasteiger partial charge in [-0.2, -0.15) is 0 Å². The third-order valence-electron chi connectivity index (χ3n) is 2.41. The molecule has 96 valence electrons. The highest BCUT2D eigenvalue weighted by atomic mass is 79.9. The zero-order chi connectivity index (χ0) is 13.7. The van der Waals surface area contributed by atoms with Gasteiger partial charge in [0, 0.05) is 16.4 Å². The van der Waals surface area contributed by atoms with E-state index in [1.807, 2.05) is 18.2 Å². The predicted octanol–water partition coefficient (Wildman–Crippen LogP) is 1.81. The summed E-state index contributed by atoms with van der Waals surface area (Å²) in [5.41, 5.74) is 1.74. The number of nitrogens with zero attached hydrogens (tertiary/aromatic N) is 1. The molecular weight excluding hydrogens is 308 g/mol. The molecular formula is C14H10BrN2O2-. The Balaban J connectivity index is 2.28. The SMILES string of the molecule is O=C([O-])c1cccc(/C(Br)=C/C2=CC=CN=CN2)c1. The first-order valence-corrected chi connectivity index (χ1v) is 6.30. The Bertz CT molecular complexity index is 616. The number of halogens is 1. The van der Waals surface area contributed by atoms with Crippen molar-refractivity contribution < 1.29 is 9.90 Å². The number of hydrogen-bond acceptors (Lipinski definition) is 4. The summed E-state index contributed by atoms with van der Waals surface area (Å²) in [6.07, 6.45) is 8.75. The third kappa shape index (κ3) is 3.66. The molecule has 1 aromatic carbocycles. The third-order valence-corrected chi connectivity index (χ3v) is 3.10. The van der Waals surface area contributed by atoms with E-state index in [1.165, 1.54) is 6.07 Å². The molecule has 0 atom stereocenters. The molecule has 0 aliphatic carbocycles. The Labute approximate surface area is 119 Å². The van der Waals surface area contributed by atoms with Gasteiger partial charge in [-0.25, -0.2) is 4.99 Å². The van der Waals surface area contributed by atoms with Crippen molar-refractivity contribution in [2.24, 2.45) is 4.99 Å². The Morgan fingerprint density at radius 2 is 2.16 bits per heavy atom. The van der Waals surface area contributed by atoms with E-state index in [0.29, 0.717) is 0 Å². The lowest BCUT2D eigenvalue weighted by Crippen LogP contribution is -2.22. The van der Waals surface area contributed by atoms with Crippen LogP contribution >= 0.6 is 15.9 Å². The number of benzene rings is 1. The van der Waals surface area contributed by atoms with Crippen LogP contribution in [0.25, 0.3) is 4.48 Å². The van der Waals surface area contributed by atoms with E-state index in [0.717, 1.165) is 15.7 Å². The van der Waals surface area contributed by atoms with Gasteiger partial charge in [0.05, 0.1) is 12.3 Å². The van der Waals surface area contributed by atoms with Crippen LogP contribution in [0.2, 0.25) is 0 Å². The fraction of sp³-hybridized carbons (Fsp3) is 0. The summed E-state index contributed by atoms with van der Waals surface area (Å²) >= 11 is 3.43. The number of aliphatic imine (C=N–C) groups is 1. The van der Waals surface area contributed by atoms with Crippen LogP contribution in [0, 0.1) is 0 Å². The summed E-state index contributed by atoms with van der Waals surface area (Å²) in [6, 6.07) is 6.54. The molecule has 0 saturated carbocycles. The molecule has 4 nitrogen and oxygen atoms in total. The Hall–Kier alpha value is -2.14. The molecule has 1 aromatic rings. The van der Waals surface area contributed by atoms with Crippen molar-refractivity contribution in [2.45, 2.75) is 0 Å². The first kappa shape index (κ1) is 13.3. The molecule has 0 unspecified atom stereocenters. The van der Waals surface area contributed by atoms with Gasteiger partial charge in [-0.1, -0.05) is 34.1 Å². The number of nitrogens with one attached hydrogen (secondary N) is 1. The molecule has 0 bridgehead atoms. The molecule has 0 spiro atoms. The lowest BCUT2D eigenvalue weighted by molar-refractivity contribution is -0.255. The number of hydrogen-bond donors (Lipinski definition) is 1. The lowest BCUT2D eigenvalue weighted by atomic mass is 10.1. The first-order valence-electron chi connectivity index (χ1n) is 5.51. The second-order valence-electron chi connectivity index (χ2n) is 3.75. The van der Waals surface area contributed by atoms with Crippen molar-refractivity contribution in [3.05, 3.63) is 65.5 Å². The summed E-state index contributed by atoms with van der Waals surface area (Å²) < 4.78 is 0.762. The minimum atomic E-state index is -1.19. The fourth-order valence-electron chi connectivity index (χ4n) is 1.50. The van der Waals surface area contributed by atoms with E-state index in [2.05, 4.69) is 26.2 Å². The van der Waals surface area contributed by atoms with Crippen molar-refractivity contribution in [3.8, 4) is 0 Å². The molecule has 1 aliphatic rings. The number of carbonyl (C=O) groups excluding carboxylic acids is 1. The van der Waals surface area contributed by atoms with Crippen molar-refractivity contribution in [2.75, 3.05) is 0 Å². The van der Waals surface area contributed by atoms with Gasteiger partial charge in [0.2, 0.25) is 0 Å². The topological polar surface area (TPSA) is 64.5 Å². The predicted molar refractivity (Wildman–Crippen MR) is 76.5 cm³/mol. The molecule has 1 heterocycles. The minimum absolute atomic E-state index is 0.145. The van der Waals surface area contributed by atoms with Crippen LogP contribution in [0.15, 0.2) is 59.4 Å². The molecule has 19 heavy (non-hydrogen) atoms. The quantitative estimate of drug-likeness (QED) is 0.924. The fourth-order valence-corrected chi connectivity index (χ4v) is 2.00. The van der Waals surface area contributed by atoms with Gasteiger partial charge < -0.3 is 15.2 Å². The summed E-state index contributed by atoms with van der Waals surface area (Å²) in [4.78, 5) is 14.8. The number of carboxylic acids is 1. The molecule has 0 radical (unpaired) electrons. The highest BCUT2D eigenvalue weighted by Gasteiger charge is 2.01. The van der Waals surface area contributed by atoms with Crippen LogP contribution in [-0.4, -0.2) is 12.3 Å². The smallest absolute Gasteiger partial charge is 0.0922 e. The van der Waals surface area contributed by atoms with Crippen LogP contribution in [0.3, 0.4) is 0 Å². The molecule has 1 N–H and O–H groups in total. The van der Waals surface area contributed by atoms with Gasteiger partial charge >= 0.3 is 0 Å². The number of carboxylic acid groups (broad SMARTS) is 1. The van der Waals surface area contributed by atoms with Gasteiger partial charge in [0.15, 0.2) is 0 Å².